The van der Waals surface area contributed by atoms with Crippen LogP contribution in [-0.2, 0) is 0 Å². The third-order valence-electron chi connectivity index (χ3n) is 1.84. The summed E-state index contributed by atoms with van der Waals surface area (Å²) in [6.07, 6.45) is 7.25. The molecule has 2 nitrogen and oxygen atoms in total. The van der Waals surface area contributed by atoms with E-state index < -0.39 is 0 Å². The van der Waals surface area contributed by atoms with Gasteiger partial charge in [0.25, 0.3) is 0 Å². The Morgan fingerprint density at radius 3 is 3.00 bits per heavy atom. The van der Waals surface area contributed by atoms with Crippen LogP contribution < -0.4 is 5.32 Å². The number of nitrogens with one attached hydrogen (secondary N) is 2. The molecule has 0 atom stereocenters. The van der Waals surface area contributed by atoms with Crippen molar-refractivity contribution in [3.8, 4) is 0 Å². The summed E-state index contributed by atoms with van der Waals surface area (Å²) >= 11 is 1.57. The molecular formula is C9H16N2S. The van der Waals surface area contributed by atoms with Crippen LogP contribution in [-0.4, -0.2) is 10.9 Å². The van der Waals surface area contributed by atoms with E-state index in [1.807, 2.05) is 0 Å². The summed E-state index contributed by atoms with van der Waals surface area (Å²) in [6, 6.07) is 0. The van der Waals surface area contributed by atoms with Gasteiger partial charge in [0.1, 0.15) is 0 Å². The van der Waals surface area contributed by atoms with Crippen LogP contribution in [0, 0.1) is 5.41 Å². The molecule has 0 radical (unpaired) electrons. The zero-order valence-electron chi connectivity index (χ0n) is 7.52. The molecule has 0 aliphatic carbocycles. The van der Waals surface area contributed by atoms with E-state index in [-0.39, 0.29) is 0 Å². The molecule has 3 heteroatoms. The Labute approximate surface area is 78.3 Å². The van der Waals surface area contributed by atoms with E-state index in [0.29, 0.717) is 5.17 Å². The monoisotopic (exact) mass is 184 g/mol. The van der Waals surface area contributed by atoms with E-state index in [0.717, 1.165) is 12.2 Å². The van der Waals surface area contributed by atoms with Gasteiger partial charge in [0.05, 0.1) is 0 Å². The number of rotatable bonds is 4. The summed E-state index contributed by atoms with van der Waals surface area (Å²) in [7, 11) is 0. The Kier molecular flexibility index (Phi) is 4.22. The van der Waals surface area contributed by atoms with Crippen molar-refractivity contribution in [2.45, 2.75) is 32.6 Å². The van der Waals surface area contributed by atoms with E-state index >= 15 is 0 Å². The molecule has 1 saturated heterocycles. The van der Waals surface area contributed by atoms with Crippen molar-refractivity contribution in [3.05, 3.63) is 11.8 Å². The second kappa shape index (κ2) is 5.25. The predicted molar refractivity (Wildman–Crippen MR) is 55.5 cm³/mol. The first kappa shape index (κ1) is 9.65. The smallest absolute Gasteiger partial charge is 0.158 e. The van der Waals surface area contributed by atoms with Gasteiger partial charge in [-0.25, -0.2) is 0 Å². The van der Waals surface area contributed by atoms with Crippen molar-refractivity contribution in [2.75, 3.05) is 5.75 Å². The van der Waals surface area contributed by atoms with Gasteiger partial charge in [0, 0.05) is 11.4 Å². The highest BCUT2D eigenvalue weighted by molar-refractivity contribution is 8.14. The summed E-state index contributed by atoms with van der Waals surface area (Å²) in [6.45, 7) is 2.21. The normalized spacial score (nSPS) is 20.1. The van der Waals surface area contributed by atoms with Crippen LogP contribution in [0.5, 0.6) is 0 Å². The van der Waals surface area contributed by atoms with Gasteiger partial charge in [-0.15, -0.1) is 0 Å². The van der Waals surface area contributed by atoms with E-state index in [4.69, 9.17) is 5.41 Å². The SMILES string of the molecule is CCCCC/C=C1\CSC(=N)N1. The maximum atomic E-state index is 7.31. The van der Waals surface area contributed by atoms with Gasteiger partial charge in [0.15, 0.2) is 5.17 Å². The lowest BCUT2D eigenvalue weighted by atomic mass is 10.2. The van der Waals surface area contributed by atoms with Gasteiger partial charge >= 0.3 is 0 Å². The molecule has 1 heterocycles. The fourth-order valence-electron chi connectivity index (χ4n) is 1.15. The molecule has 0 aromatic carbocycles. The molecular weight excluding hydrogens is 168 g/mol. The van der Waals surface area contributed by atoms with Crippen LogP contribution in [0.2, 0.25) is 0 Å². The maximum Gasteiger partial charge on any atom is 0.158 e. The van der Waals surface area contributed by atoms with Crippen LogP contribution >= 0.6 is 11.8 Å². The van der Waals surface area contributed by atoms with Gasteiger partial charge in [-0.3, -0.25) is 5.41 Å². The average Bonchev–Trinajstić information content (AvgIpc) is 2.45. The molecule has 1 rings (SSSR count). The molecule has 0 bridgehead atoms. The molecule has 1 aliphatic heterocycles. The van der Waals surface area contributed by atoms with Crippen LogP contribution in [0.3, 0.4) is 0 Å². The van der Waals surface area contributed by atoms with E-state index in [2.05, 4.69) is 18.3 Å². The van der Waals surface area contributed by atoms with Gasteiger partial charge in [-0.1, -0.05) is 37.6 Å². The van der Waals surface area contributed by atoms with Crippen molar-refractivity contribution in [1.29, 1.82) is 5.41 Å². The largest absolute Gasteiger partial charge is 0.338 e. The minimum atomic E-state index is 0.594. The van der Waals surface area contributed by atoms with Crippen molar-refractivity contribution < 1.29 is 0 Å². The predicted octanol–water partition coefficient (Wildman–Crippen LogP) is 2.72. The third kappa shape index (κ3) is 3.30. The zero-order chi connectivity index (χ0) is 8.81. The average molecular weight is 184 g/mol. The molecule has 0 aromatic heterocycles. The number of unbranched alkanes of at least 4 members (excludes halogenated alkanes) is 3. The third-order valence-corrected chi connectivity index (χ3v) is 2.69. The first-order valence-electron chi connectivity index (χ1n) is 4.50. The van der Waals surface area contributed by atoms with Crippen LogP contribution in [0.1, 0.15) is 32.6 Å². The standard InChI is InChI=1S/C9H16N2S/c1-2-3-4-5-6-8-7-12-9(10)11-8/h6H,2-5,7H2,1H3,(H2,10,11)/b8-6+. The Bertz CT molecular complexity index is 187. The Balaban J connectivity index is 2.15. The van der Waals surface area contributed by atoms with Crippen molar-refractivity contribution in [3.63, 3.8) is 0 Å². The Morgan fingerprint density at radius 2 is 2.42 bits per heavy atom. The Hall–Kier alpha value is -0.440. The fourth-order valence-corrected chi connectivity index (χ4v) is 1.84. The Morgan fingerprint density at radius 1 is 1.58 bits per heavy atom. The summed E-state index contributed by atoms with van der Waals surface area (Å²) in [5.41, 5.74) is 1.22. The minimum absolute atomic E-state index is 0.594. The number of hydrogen-bond acceptors (Lipinski definition) is 2. The fraction of sp³-hybridized carbons (Fsp3) is 0.667. The highest BCUT2D eigenvalue weighted by Gasteiger charge is 2.10. The number of amidine groups is 1. The molecule has 2 N–H and O–H groups in total. The second-order valence-electron chi connectivity index (χ2n) is 2.97. The molecule has 0 amide bonds. The number of hydrogen-bond donors (Lipinski definition) is 2. The quantitative estimate of drug-likeness (QED) is 0.659. The summed E-state index contributed by atoms with van der Waals surface area (Å²) in [5.74, 6) is 0.963. The number of thioether (sulfide) groups is 1. The summed E-state index contributed by atoms with van der Waals surface area (Å²) in [5, 5.41) is 10.9. The lowest BCUT2D eigenvalue weighted by molar-refractivity contribution is 0.726. The van der Waals surface area contributed by atoms with Gasteiger partial charge in [0.2, 0.25) is 0 Å². The van der Waals surface area contributed by atoms with Gasteiger partial charge in [-0.2, -0.15) is 0 Å². The summed E-state index contributed by atoms with van der Waals surface area (Å²) in [4.78, 5) is 0. The molecule has 0 saturated carbocycles. The highest BCUT2D eigenvalue weighted by atomic mass is 32.2. The van der Waals surface area contributed by atoms with Crippen LogP contribution in [0.4, 0.5) is 0 Å². The van der Waals surface area contributed by atoms with Gasteiger partial charge < -0.3 is 5.32 Å². The minimum Gasteiger partial charge on any atom is -0.338 e. The molecule has 12 heavy (non-hydrogen) atoms. The van der Waals surface area contributed by atoms with Gasteiger partial charge in [-0.05, 0) is 12.8 Å². The van der Waals surface area contributed by atoms with Crippen molar-refractivity contribution in [1.82, 2.24) is 5.32 Å². The second-order valence-corrected chi connectivity index (χ2v) is 3.95. The molecule has 1 aliphatic rings. The molecule has 1 fully saturated rings. The first-order valence-corrected chi connectivity index (χ1v) is 5.49. The highest BCUT2D eigenvalue weighted by Crippen LogP contribution is 2.15. The lowest BCUT2D eigenvalue weighted by Gasteiger charge is -1.96. The van der Waals surface area contributed by atoms with E-state index in [1.54, 1.807) is 11.8 Å². The first-order chi connectivity index (χ1) is 5.83. The molecule has 68 valence electrons. The van der Waals surface area contributed by atoms with Crippen LogP contribution in [0.15, 0.2) is 11.8 Å². The van der Waals surface area contributed by atoms with Crippen LogP contribution in [0.25, 0.3) is 0 Å². The van der Waals surface area contributed by atoms with E-state index in [9.17, 15) is 0 Å². The zero-order valence-corrected chi connectivity index (χ0v) is 8.34. The van der Waals surface area contributed by atoms with Crippen molar-refractivity contribution in [2.24, 2.45) is 0 Å². The molecule has 0 unspecified atom stereocenters. The molecule has 0 aromatic rings. The van der Waals surface area contributed by atoms with E-state index in [1.165, 1.54) is 25.0 Å². The maximum absolute atomic E-state index is 7.31. The summed E-state index contributed by atoms with van der Waals surface area (Å²) < 4.78 is 0. The molecule has 0 spiro atoms. The number of allylic oxidation sites excluding steroid dienone is 1. The topological polar surface area (TPSA) is 35.9 Å². The lowest BCUT2D eigenvalue weighted by Crippen LogP contribution is -2.09. The van der Waals surface area contributed by atoms with Crippen molar-refractivity contribution >= 4 is 16.9 Å².